The second-order valence-electron chi connectivity index (χ2n) is 8.44. The predicted octanol–water partition coefficient (Wildman–Crippen LogP) is 4.47. The van der Waals surface area contributed by atoms with Crippen LogP contribution in [0.2, 0.25) is 0 Å². The highest BCUT2D eigenvalue weighted by molar-refractivity contribution is 5.81. The zero-order valence-electron chi connectivity index (χ0n) is 19.1. The van der Waals surface area contributed by atoms with Crippen LogP contribution in [-0.2, 0) is 6.54 Å². The van der Waals surface area contributed by atoms with Crippen LogP contribution in [0, 0.1) is 16.0 Å². The summed E-state index contributed by atoms with van der Waals surface area (Å²) in [6.07, 6.45) is 7.38. The van der Waals surface area contributed by atoms with Crippen molar-refractivity contribution in [1.82, 2.24) is 25.2 Å². The van der Waals surface area contributed by atoms with Crippen molar-refractivity contribution in [1.29, 1.82) is 0 Å². The summed E-state index contributed by atoms with van der Waals surface area (Å²) in [5.74, 6) is 4.66. The normalized spacial score (nSPS) is 12.9. The van der Waals surface area contributed by atoms with Crippen LogP contribution in [0.4, 0.5) is 11.5 Å². The number of anilines is 1. The molecular formula is C25H22N8O2. The lowest BCUT2D eigenvalue weighted by atomic mass is 10.0. The van der Waals surface area contributed by atoms with Gasteiger partial charge in [-0.1, -0.05) is 26.0 Å². The molecule has 3 aromatic heterocycles. The highest BCUT2D eigenvalue weighted by Gasteiger charge is 2.11. The molecule has 1 aliphatic heterocycles. The molecule has 35 heavy (non-hydrogen) atoms. The van der Waals surface area contributed by atoms with E-state index in [-0.39, 0.29) is 5.69 Å². The topological polar surface area (TPSA) is 123 Å². The first-order valence-electron chi connectivity index (χ1n) is 11.0. The lowest BCUT2D eigenvalue weighted by molar-refractivity contribution is -0.384. The van der Waals surface area contributed by atoms with E-state index in [0.29, 0.717) is 18.3 Å². The monoisotopic (exact) mass is 466 g/mol. The Morgan fingerprint density at radius 1 is 1.14 bits per heavy atom. The van der Waals surface area contributed by atoms with E-state index < -0.39 is 4.92 Å². The largest absolute Gasteiger partial charge is 0.325 e. The van der Waals surface area contributed by atoms with Gasteiger partial charge in [0.05, 0.1) is 28.7 Å². The zero-order valence-corrected chi connectivity index (χ0v) is 19.1. The third-order valence-electron chi connectivity index (χ3n) is 5.52. The van der Waals surface area contributed by atoms with Gasteiger partial charge in [-0.2, -0.15) is 5.10 Å². The number of hydrogen-bond donors (Lipinski definition) is 2. The number of benzene rings is 1. The molecule has 10 nitrogen and oxygen atoms in total. The number of hydrogen-bond acceptors (Lipinski definition) is 8. The molecule has 2 N–H and O–H groups in total. The van der Waals surface area contributed by atoms with Gasteiger partial charge in [-0.15, -0.1) is 5.10 Å². The van der Waals surface area contributed by atoms with Crippen LogP contribution in [0.15, 0.2) is 83.6 Å². The number of aromatic nitrogens is 4. The lowest BCUT2D eigenvalue weighted by Crippen LogP contribution is -2.18. The van der Waals surface area contributed by atoms with Crippen molar-refractivity contribution in [3.05, 3.63) is 94.2 Å². The van der Waals surface area contributed by atoms with E-state index >= 15 is 0 Å². The van der Waals surface area contributed by atoms with Crippen LogP contribution in [0.5, 0.6) is 0 Å². The van der Waals surface area contributed by atoms with Gasteiger partial charge in [0, 0.05) is 47.1 Å². The Kier molecular flexibility index (Phi) is 5.78. The van der Waals surface area contributed by atoms with Gasteiger partial charge in [-0.25, -0.2) is 4.98 Å². The van der Waals surface area contributed by atoms with Crippen LogP contribution >= 0.6 is 0 Å². The Labute approximate surface area is 200 Å². The number of pyridine rings is 2. The first-order valence-corrected chi connectivity index (χ1v) is 11.0. The molecule has 0 fully saturated rings. The quantitative estimate of drug-likeness (QED) is 0.304. The van der Waals surface area contributed by atoms with Crippen molar-refractivity contribution >= 4 is 28.4 Å². The number of allylic oxidation sites excluding steroid dienone is 2. The van der Waals surface area contributed by atoms with E-state index in [9.17, 15) is 10.1 Å². The maximum absolute atomic E-state index is 11.0. The molecule has 174 valence electrons. The van der Waals surface area contributed by atoms with Crippen molar-refractivity contribution < 1.29 is 4.92 Å². The van der Waals surface area contributed by atoms with Crippen molar-refractivity contribution in [2.75, 3.05) is 5.32 Å². The molecule has 0 unspecified atom stereocenters. The third-order valence-corrected chi connectivity index (χ3v) is 5.52. The zero-order chi connectivity index (χ0) is 24.4. The minimum Gasteiger partial charge on any atom is -0.325 e. The number of nitro groups is 1. The Hall–Kier alpha value is -4.82. The molecule has 1 aliphatic rings. The molecule has 0 bridgehead atoms. The molecule has 0 aliphatic carbocycles. The summed E-state index contributed by atoms with van der Waals surface area (Å²) >= 11 is 0. The summed E-state index contributed by atoms with van der Waals surface area (Å²) in [7, 11) is 0. The van der Waals surface area contributed by atoms with Gasteiger partial charge in [-0.3, -0.25) is 25.2 Å². The minimum absolute atomic E-state index is 0.0616. The molecule has 0 atom stereocenters. The molecule has 5 rings (SSSR count). The molecule has 0 radical (unpaired) electrons. The second-order valence-corrected chi connectivity index (χ2v) is 8.44. The maximum atomic E-state index is 11.0. The average molecular weight is 467 g/mol. The number of fused-ring (bicyclic) bond motifs is 1. The van der Waals surface area contributed by atoms with E-state index in [0.717, 1.165) is 39.1 Å². The Morgan fingerprint density at radius 2 is 2.03 bits per heavy atom. The summed E-state index contributed by atoms with van der Waals surface area (Å²) in [5.41, 5.74) is 8.03. The first-order chi connectivity index (χ1) is 16.9. The Balaban J connectivity index is 1.36. The van der Waals surface area contributed by atoms with Crippen molar-refractivity contribution in [2.24, 2.45) is 11.0 Å². The lowest BCUT2D eigenvalue weighted by Gasteiger charge is -2.14. The van der Waals surface area contributed by atoms with Crippen LogP contribution in [-0.4, -0.2) is 30.5 Å². The Bertz CT molecular complexity index is 1530. The van der Waals surface area contributed by atoms with Gasteiger partial charge in [0.25, 0.3) is 5.69 Å². The van der Waals surface area contributed by atoms with E-state index in [1.54, 1.807) is 29.2 Å². The van der Waals surface area contributed by atoms with Crippen molar-refractivity contribution in [3.63, 3.8) is 0 Å². The first kappa shape index (κ1) is 22.0. The van der Waals surface area contributed by atoms with Crippen molar-refractivity contribution in [3.8, 4) is 11.1 Å². The van der Waals surface area contributed by atoms with Crippen LogP contribution in [0.25, 0.3) is 22.2 Å². The van der Waals surface area contributed by atoms with Gasteiger partial charge in [0.15, 0.2) is 0 Å². The molecule has 4 heterocycles. The number of non-ortho nitro benzene ring substituents is 1. The minimum atomic E-state index is -0.400. The fraction of sp³-hybridized carbons (Fsp3) is 0.160. The Morgan fingerprint density at radius 3 is 2.86 bits per heavy atom. The summed E-state index contributed by atoms with van der Waals surface area (Å²) < 4.78 is 1.74. The van der Waals surface area contributed by atoms with Gasteiger partial charge in [0.1, 0.15) is 11.6 Å². The van der Waals surface area contributed by atoms with E-state index in [1.165, 1.54) is 6.07 Å². The summed E-state index contributed by atoms with van der Waals surface area (Å²) in [6.45, 7) is 4.60. The summed E-state index contributed by atoms with van der Waals surface area (Å²) in [4.78, 5) is 19.9. The number of nitro benzene ring substituents is 1. The van der Waals surface area contributed by atoms with Crippen LogP contribution < -0.4 is 10.7 Å². The molecule has 0 spiro atoms. The fourth-order valence-electron chi connectivity index (χ4n) is 3.66. The number of nitrogens with zero attached hydrogens (tertiary/aromatic N) is 6. The van der Waals surface area contributed by atoms with E-state index in [4.69, 9.17) is 4.98 Å². The number of rotatable bonds is 7. The number of nitrogens with one attached hydrogen (secondary N) is 2. The van der Waals surface area contributed by atoms with Crippen LogP contribution in [0.3, 0.4) is 0 Å². The molecule has 1 aromatic carbocycles. The molecule has 0 amide bonds. The van der Waals surface area contributed by atoms with Gasteiger partial charge >= 0.3 is 0 Å². The molecule has 10 heteroatoms. The highest BCUT2D eigenvalue weighted by Crippen LogP contribution is 2.24. The van der Waals surface area contributed by atoms with E-state index in [1.807, 2.05) is 36.5 Å². The van der Waals surface area contributed by atoms with Gasteiger partial charge in [0.2, 0.25) is 0 Å². The predicted molar refractivity (Wildman–Crippen MR) is 134 cm³/mol. The van der Waals surface area contributed by atoms with Crippen molar-refractivity contribution in [2.45, 2.75) is 20.4 Å². The standard InChI is InChI=1S/C25H22N8O2/c1-16(2)18-10-25(31-27-12-18)30-24-7-6-22-23(29-24)9-19(11-26-22)20-13-28-32(15-20)14-17-4-3-5-21(8-17)33(34)35/h3-11,13,15-16,31H,14H2,1-2H3,(H,29,30). The van der Waals surface area contributed by atoms with E-state index in [2.05, 4.69) is 45.6 Å². The SMILES string of the molecule is CC(C)C1=C=NNC(Nc2ccc3ncc(-c4cnn(Cc5cccc([N+](=O)[O-])c5)c4)cc3n2)=C1. The smallest absolute Gasteiger partial charge is 0.269 e. The molecule has 0 saturated heterocycles. The fourth-order valence-corrected chi connectivity index (χ4v) is 3.66. The molecular weight excluding hydrogens is 444 g/mol. The molecule has 0 saturated carbocycles. The van der Waals surface area contributed by atoms with Gasteiger partial charge < -0.3 is 5.32 Å². The average Bonchev–Trinajstić information content (AvgIpc) is 3.32. The maximum Gasteiger partial charge on any atom is 0.269 e. The number of hydrazone groups is 1. The van der Waals surface area contributed by atoms with Gasteiger partial charge in [-0.05, 0) is 35.8 Å². The highest BCUT2D eigenvalue weighted by atomic mass is 16.6. The second kappa shape index (κ2) is 9.20. The summed E-state index contributed by atoms with van der Waals surface area (Å²) in [6, 6.07) is 12.3. The van der Waals surface area contributed by atoms with Crippen LogP contribution in [0.1, 0.15) is 19.4 Å². The summed E-state index contributed by atoms with van der Waals surface area (Å²) in [5, 5.41) is 22.8. The third kappa shape index (κ3) is 4.92. The molecule has 4 aromatic rings.